The van der Waals surface area contributed by atoms with Gasteiger partial charge in [0.1, 0.15) is 11.4 Å². The maximum atomic E-state index is 11.7. The summed E-state index contributed by atoms with van der Waals surface area (Å²) in [4.78, 5) is 26.1. The highest BCUT2D eigenvalue weighted by atomic mass is 79.9. The second kappa shape index (κ2) is 7.46. The van der Waals surface area contributed by atoms with Crippen molar-refractivity contribution in [1.82, 2.24) is 15.8 Å². The number of aromatic nitrogens is 1. The molecule has 2 rings (SSSR count). The number of ether oxygens (including phenoxy) is 1. The Hall–Kier alpha value is -2.54. The first-order valence-corrected chi connectivity index (χ1v) is 7.14. The Bertz CT molecular complexity index is 692. The van der Waals surface area contributed by atoms with Gasteiger partial charge in [0.2, 0.25) is 0 Å². The zero-order chi connectivity index (χ0) is 15.9. The highest BCUT2D eigenvalue weighted by Gasteiger charge is 2.07. The van der Waals surface area contributed by atoms with Crippen molar-refractivity contribution in [3.8, 4) is 5.75 Å². The lowest BCUT2D eigenvalue weighted by atomic mass is 10.2. The van der Waals surface area contributed by atoms with E-state index in [9.17, 15) is 9.59 Å². The molecule has 2 aromatic rings. The normalized spacial score (nSPS) is 10.5. The van der Waals surface area contributed by atoms with Gasteiger partial charge in [0.15, 0.2) is 0 Å². The molecule has 0 fully saturated rings. The Morgan fingerprint density at radius 2 is 1.95 bits per heavy atom. The maximum Gasteiger partial charge on any atom is 0.286 e. The Morgan fingerprint density at radius 3 is 2.55 bits per heavy atom. The fraction of sp³-hybridized carbons (Fsp3) is 0.0667. The van der Waals surface area contributed by atoms with Crippen LogP contribution in [0.2, 0.25) is 0 Å². The summed E-state index contributed by atoms with van der Waals surface area (Å²) < 4.78 is 5.80. The molecule has 6 nitrogen and oxygen atoms in total. The van der Waals surface area contributed by atoms with Crippen molar-refractivity contribution in [1.29, 1.82) is 0 Å². The molecule has 7 heteroatoms. The molecule has 0 aliphatic carbocycles. The summed E-state index contributed by atoms with van der Waals surface area (Å²) in [6, 6.07) is 8.83. The number of nitrogens with one attached hydrogen (secondary N) is 3. The molecule has 1 aromatic carbocycles. The first-order valence-electron chi connectivity index (χ1n) is 6.35. The topological polar surface area (TPSA) is 83.2 Å². The molecule has 3 N–H and O–H groups in total. The summed E-state index contributed by atoms with van der Waals surface area (Å²) in [7, 11) is 1.59. The number of hydrogen-bond acceptors (Lipinski definition) is 3. The smallest absolute Gasteiger partial charge is 0.286 e. The molecule has 0 atom stereocenters. The summed E-state index contributed by atoms with van der Waals surface area (Å²) in [6.45, 7) is 0. The standard InChI is InChI=1S/C15H14BrN3O3/c1-22-12-5-2-10(3-6-12)4-7-14(20)18-19-15(21)13-8-11(16)9-17-13/h2-9,17H,1H3,(H,18,20)(H,19,21). The number of carbonyl (C=O) groups excluding carboxylic acids is 2. The highest BCUT2D eigenvalue weighted by Crippen LogP contribution is 2.12. The lowest BCUT2D eigenvalue weighted by molar-refractivity contribution is -0.117. The lowest BCUT2D eigenvalue weighted by Crippen LogP contribution is -2.40. The third kappa shape index (κ3) is 4.49. The van der Waals surface area contributed by atoms with E-state index in [2.05, 4.69) is 31.8 Å². The fourth-order valence-electron chi connectivity index (χ4n) is 1.61. The molecular weight excluding hydrogens is 350 g/mol. The van der Waals surface area contributed by atoms with Gasteiger partial charge in [-0.3, -0.25) is 20.4 Å². The second-order valence-electron chi connectivity index (χ2n) is 4.28. The number of hydrogen-bond donors (Lipinski definition) is 3. The van der Waals surface area contributed by atoms with E-state index in [-0.39, 0.29) is 0 Å². The molecule has 1 aromatic heterocycles. The molecule has 0 bridgehead atoms. The van der Waals surface area contributed by atoms with Gasteiger partial charge in [0.25, 0.3) is 11.8 Å². The fourth-order valence-corrected chi connectivity index (χ4v) is 1.96. The lowest BCUT2D eigenvalue weighted by Gasteiger charge is -2.03. The van der Waals surface area contributed by atoms with Crippen LogP contribution in [-0.2, 0) is 4.79 Å². The van der Waals surface area contributed by atoms with Crippen LogP contribution in [0.5, 0.6) is 5.75 Å². The number of amides is 2. The number of halogens is 1. The van der Waals surface area contributed by atoms with Crippen LogP contribution in [-0.4, -0.2) is 23.9 Å². The minimum absolute atomic E-state index is 0.339. The Labute approximate surface area is 135 Å². The van der Waals surface area contributed by atoms with E-state index in [1.165, 1.54) is 6.08 Å². The molecule has 22 heavy (non-hydrogen) atoms. The molecule has 0 spiro atoms. The number of H-pyrrole nitrogens is 1. The van der Waals surface area contributed by atoms with Gasteiger partial charge < -0.3 is 9.72 Å². The van der Waals surface area contributed by atoms with Crippen LogP contribution in [0.15, 0.2) is 47.1 Å². The zero-order valence-corrected chi connectivity index (χ0v) is 13.3. The van der Waals surface area contributed by atoms with Crippen LogP contribution in [0.25, 0.3) is 6.08 Å². The van der Waals surface area contributed by atoms with E-state index in [1.807, 2.05) is 12.1 Å². The highest BCUT2D eigenvalue weighted by molar-refractivity contribution is 9.10. The number of carbonyl (C=O) groups is 2. The average molecular weight is 364 g/mol. The number of hydrazine groups is 1. The van der Waals surface area contributed by atoms with Crippen LogP contribution in [0.4, 0.5) is 0 Å². The van der Waals surface area contributed by atoms with Gasteiger partial charge in [-0.2, -0.15) is 0 Å². The summed E-state index contributed by atoms with van der Waals surface area (Å²) in [5.41, 5.74) is 5.78. The molecule has 2 amide bonds. The summed E-state index contributed by atoms with van der Waals surface area (Å²) in [5.74, 6) is -0.127. The molecular formula is C15H14BrN3O3. The maximum absolute atomic E-state index is 11.7. The van der Waals surface area contributed by atoms with Gasteiger partial charge in [0.05, 0.1) is 7.11 Å². The quantitative estimate of drug-likeness (QED) is 0.575. The monoisotopic (exact) mass is 363 g/mol. The summed E-state index contributed by atoms with van der Waals surface area (Å²) in [5, 5.41) is 0. The van der Waals surface area contributed by atoms with Crippen molar-refractivity contribution in [2.75, 3.05) is 7.11 Å². The molecule has 0 saturated carbocycles. The largest absolute Gasteiger partial charge is 0.497 e. The molecule has 0 unspecified atom stereocenters. The zero-order valence-electron chi connectivity index (χ0n) is 11.7. The molecule has 1 heterocycles. The van der Waals surface area contributed by atoms with E-state index in [0.29, 0.717) is 5.69 Å². The first kappa shape index (κ1) is 15.8. The molecule has 0 radical (unpaired) electrons. The van der Waals surface area contributed by atoms with E-state index >= 15 is 0 Å². The Morgan fingerprint density at radius 1 is 1.23 bits per heavy atom. The number of aromatic amines is 1. The number of methoxy groups -OCH3 is 1. The van der Waals surface area contributed by atoms with Crippen molar-refractivity contribution in [3.05, 3.63) is 58.3 Å². The van der Waals surface area contributed by atoms with E-state index in [1.54, 1.807) is 37.6 Å². The van der Waals surface area contributed by atoms with E-state index in [4.69, 9.17) is 4.74 Å². The van der Waals surface area contributed by atoms with Crippen molar-refractivity contribution in [3.63, 3.8) is 0 Å². The minimum atomic E-state index is -0.435. The summed E-state index contributed by atoms with van der Waals surface area (Å²) in [6.07, 6.45) is 4.58. The molecule has 0 aliphatic rings. The van der Waals surface area contributed by atoms with Gasteiger partial charge in [0, 0.05) is 16.7 Å². The predicted molar refractivity (Wildman–Crippen MR) is 86.1 cm³/mol. The van der Waals surface area contributed by atoms with Gasteiger partial charge in [-0.1, -0.05) is 12.1 Å². The van der Waals surface area contributed by atoms with Crippen LogP contribution in [0.3, 0.4) is 0 Å². The third-order valence-electron chi connectivity index (χ3n) is 2.73. The third-order valence-corrected chi connectivity index (χ3v) is 3.19. The van der Waals surface area contributed by atoms with E-state index < -0.39 is 11.8 Å². The van der Waals surface area contributed by atoms with Crippen LogP contribution < -0.4 is 15.6 Å². The van der Waals surface area contributed by atoms with Gasteiger partial charge in [-0.25, -0.2) is 0 Å². The molecule has 0 aliphatic heterocycles. The number of rotatable bonds is 4. The van der Waals surface area contributed by atoms with Crippen molar-refractivity contribution in [2.45, 2.75) is 0 Å². The SMILES string of the molecule is COc1ccc(C=CC(=O)NNC(=O)c2cc(Br)c[nH]2)cc1. The molecule has 114 valence electrons. The van der Waals surface area contributed by atoms with Crippen molar-refractivity contribution < 1.29 is 14.3 Å². The van der Waals surface area contributed by atoms with Crippen LogP contribution in [0, 0.1) is 0 Å². The van der Waals surface area contributed by atoms with Gasteiger partial charge >= 0.3 is 0 Å². The number of benzene rings is 1. The predicted octanol–water partition coefficient (Wildman–Crippen LogP) is 2.26. The average Bonchev–Trinajstić information content (AvgIpc) is 2.97. The van der Waals surface area contributed by atoms with Crippen molar-refractivity contribution >= 4 is 33.8 Å². The van der Waals surface area contributed by atoms with Crippen molar-refractivity contribution in [2.24, 2.45) is 0 Å². The van der Waals surface area contributed by atoms with E-state index in [0.717, 1.165) is 15.8 Å². The van der Waals surface area contributed by atoms with Crippen LogP contribution in [0.1, 0.15) is 16.1 Å². The van der Waals surface area contributed by atoms with Gasteiger partial charge in [-0.15, -0.1) is 0 Å². The van der Waals surface area contributed by atoms with Crippen LogP contribution >= 0.6 is 15.9 Å². The Balaban J connectivity index is 1.84. The molecule has 0 saturated heterocycles. The minimum Gasteiger partial charge on any atom is -0.497 e. The van der Waals surface area contributed by atoms with Gasteiger partial charge in [-0.05, 0) is 45.8 Å². The Kier molecular flexibility index (Phi) is 5.37. The first-order chi connectivity index (χ1) is 10.6. The second-order valence-corrected chi connectivity index (χ2v) is 5.20. The summed E-state index contributed by atoms with van der Waals surface area (Å²) >= 11 is 3.22.